The summed E-state index contributed by atoms with van der Waals surface area (Å²) in [7, 11) is 0. The third kappa shape index (κ3) is 3.27. The highest BCUT2D eigenvalue weighted by Gasteiger charge is 2.38. The van der Waals surface area contributed by atoms with Crippen LogP contribution in [0.2, 0.25) is 10.0 Å². The fourth-order valence-electron chi connectivity index (χ4n) is 4.39. The van der Waals surface area contributed by atoms with Gasteiger partial charge in [0.1, 0.15) is 11.5 Å². The Kier molecular flexibility index (Phi) is 5.07. The van der Waals surface area contributed by atoms with Crippen LogP contribution in [0.4, 0.5) is 11.8 Å². The molecule has 2 fully saturated rings. The van der Waals surface area contributed by atoms with Gasteiger partial charge in [0.2, 0.25) is 5.95 Å². The maximum Gasteiger partial charge on any atom is 0.268 e. The summed E-state index contributed by atoms with van der Waals surface area (Å²) in [4.78, 5) is 23.2. The quantitative estimate of drug-likeness (QED) is 0.700. The first kappa shape index (κ1) is 19.2. The van der Waals surface area contributed by atoms with Gasteiger partial charge < -0.3 is 22.1 Å². The van der Waals surface area contributed by atoms with E-state index in [0.29, 0.717) is 33.9 Å². The van der Waals surface area contributed by atoms with Crippen molar-refractivity contribution in [1.29, 1.82) is 0 Å². The second-order valence-electron chi connectivity index (χ2n) is 7.53. The molecule has 1 saturated carbocycles. The molecule has 2 atom stereocenters. The van der Waals surface area contributed by atoms with Gasteiger partial charge in [-0.3, -0.25) is 4.79 Å². The fourth-order valence-corrected chi connectivity index (χ4v) is 4.79. The van der Waals surface area contributed by atoms with Crippen LogP contribution in [0.25, 0.3) is 11.1 Å². The zero-order valence-corrected chi connectivity index (χ0v) is 16.7. The summed E-state index contributed by atoms with van der Waals surface area (Å²) < 4.78 is 0. The first-order valence-electron chi connectivity index (χ1n) is 9.29. The van der Waals surface area contributed by atoms with Crippen LogP contribution in [0.5, 0.6) is 0 Å². The van der Waals surface area contributed by atoms with Crippen molar-refractivity contribution in [1.82, 2.24) is 9.97 Å². The first-order chi connectivity index (χ1) is 13.4. The number of nitrogens with zero attached hydrogens (tertiary/aromatic N) is 3. The van der Waals surface area contributed by atoms with Gasteiger partial charge >= 0.3 is 0 Å². The van der Waals surface area contributed by atoms with Gasteiger partial charge in [-0.15, -0.1) is 0 Å². The van der Waals surface area contributed by atoms with Crippen LogP contribution in [0.15, 0.2) is 18.2 Å². The molecule has 1 saturated heterocycles. The van der Waals surface area contributed by atoms with Crippen LogP contribution in [-0.2, 0) is 0 Å². The van der Waals surface area contributed by atoms with E-state index in [1.165, 1.54) is 6.42 Å². The Bertz CT molecular complexity index is 923. The summed E-state index contributed by atoms with van der Waals surface area (Å²) in [5.74, 6) is 0.614. The van der Waals surface area contributed by atoms with Gasteiger partial charge in [-0.25, -0.2) is 4.98 Å². The number of fused-ring (bicyclic) bond motifs is 2. The number of primary amides is 1. The summed E-state index contributed by atoms with van der Waals surface area (Å²) in [5, 5.41) is 0.615. The van der Waals surface area contributed by atoms with E-state index in [2.05, 4.69) is 14.9 Å². The van der Waals surface area contributed by atoms with Crippen LogP contribution in [0.1, 0.15) is 29.8 Å². The number of nitrogen functional groups attached to an aromatic ring is 1. The minimum Gasteiger partial charge on any atom is -0.383 e. The lowest BCUT2D eigenvalue weighted by Crippen LogP contribution is -2.55. The largest absolute Gasteiger partial charge is 0.383 e. The number of carbonyl (C=O) groups excluding carboxylic acids is 1. The predicted octanol–water partition coefficient (Wildman–Crippen LogP) is 2.70. The average molecular weight is 421 g/mol. The summed E-state index contributed by atoms with van der Waals surface area (Å²) in [6.07, 6.45) is 3.36. The van der Waals surface area contributed by atoms with E-state index in [-0.39, 0.29) is 22.6 Å². The minimum atomic E-state index is -0.699. The number of piperidine rings is 1. The van der Waals surface area contributed by atoms with Crippen LogP contribution in [0, 0.1) is 11.8 Å². The van der Waals surface area contributed by atoms with E-state index >= 15 is 0 Å². The Morgan fingerprint density at radius 3 is 2.46 bits per heavy atom. The predicted molar refractivity (Wildman–Crippen MR) is 111 cm³/mol. The number of carbonyl (C=O) groups is 1. The molecule has 1 aliphatic carbocycles. The van der Waals surface area contributed by atoms with Crippen LogP contribution in [-0.4, -0.2) is 35.0 Å². The average Bonchev–Trinajstić information content (AvgIpc) is 2.63. The van der Waals surface area contributed by atoms with Crippen molar-refractivity contribution in [3.8, 4) is 11.1 Å². The van der Waals surface area contributed by atoms with E-state index in [1.54, 1.807) is 18.2 Å². The van der Waals surface area contributed by atoms with E-state index < -0.39 is 5.91 Å². The van der Waals surface area contributed by atoms with Gasteiger partial charge in [0.15, 0.2) is 0 Å². The van der Waals surface area contributed by atoms with Crippen molar-refractivity contribution < 1.29 is 4.79 Å². The van der Waals surface area contributed by atoms with Crippen molar-refractivity contribution in [2.75, 3.05) is 23.7 Å². The van der Waals surface area contributed by atoms with E-state index in [1.807, 2.05) is 0 Å². The number of aromatic nitrogens is 2. The van der Waals surface area contributed by atoms with Crippen molar-refractivity contribution in [3.05, 3.63) is 33.9 Å². The fraction of sp³-hybridized carbons (Fsp3) is 0.421. The first-order valence-corrected chi connectivity index (χ1v) is 10.0. The Morgan fingerprint density at radius 2 is 1.82 bits per heavy atom. The molecule has 2 aromatic rings. The Hall–Kier alpha value is -2.09. The Labute approximate surface area is 173 Å². The molecule has 2 unspecified atom stereocenters. The lowest BCUT2D eigenvalue weighted by atomic mass is 9.74. The standard InChI is InChI=1S/C19H22Cl2N6O/c20-12-6-2-5-11(14(12)21)13-16(18(24)28)25-19(26-17(13)23)27-7-9-3-1-4-10(8-27)15(9)22/h2,5-6,9-10,15H,1,3-4,7-8,22H2,(H2,24,28)(H2,23,25,26). The van der Waals surface area contributed by atoms with Gasteiger partial charge in [-0.2, -0.15) is 4.98 Å². The van der Waals surface area contributed by atoms with Gasteiger partial charge in [0, 0.05) is 24.7 Å². The highest BCUT2D eigenvalue weighted by Crippen LogP contribution is 2.39. The topological polar surface area (TPSA) is 124 Å². The lowest BCUT2D eigenvalue weighted by Gasteiger charge is -2.45. The second kappa shape index (κ2) is 7.39. The van der Waals surface area contributed by atoms with E-state index in [9.17, 15) is 4.79 Å². The molecule has 4 rings (SSSR count). The summed E-state index contributed by atoms with van der Waals surface area (Å²) >= 11 is 12.4. The molecule has 1 amide bonds. The van der Waals surface area contributed by atoms with Gasteiger partial charge in [0.05, 0.1) is 15.6 Å². The monoisotopic (exact) mass is 420 g/mol. The molecule has 0 spiro atoms. The molecule has 1 aromatic heterocycles. The molecule has 1 aromatic carbocycles. The number of benzene rings is 1. The summed E-state index contributed by atoms with van der Waals surface area (Å²) in [6, 6.07) is 5.27. The molecule has 1 aliphatic heterocycles. The Balaban J connectivity index is 1.78. The third-order valence-corrected chi connectivity index (χ3v) is 6.63. The number of hydrogen-bond donors (Lipinski definition) is 3. The molecule has 28 heavy (non-hydrogen) atoms. The molecule has 2 heterocycles. The normalized spacial score (nSPS) is 24.2. The third-order valence-electron chi connectivity index (χ3n) is 5.81. The van der Waals surface area contributed by atoms with E-state index in [0.717, 1.165) is 25.9 Å². The van der Waals surface area contributed by atoms with Gasteiger partial charge in [-0.1, -0.05) is 41.8 Å². The molecule has 0 radical (unpaired) electrons. The van der Waals surface area contributed by atoms with Crippen LogP contribution < -0.4 is 22.1 Å². The van der Waals surface area contributed by atoms with Crippen molar-refractivity contribution in [2.45, 2.75) is 25.3 Å². The molecule has 9 heteroatoms. The highest BCUT2D eigenvalue weighted by molar-refractivity contribution is 6.44. The van der Waals surface area contributed by atoms with Gasteiger partial charge in [-0.05, 0) is 30.7 Å². The second-order valence-corrected chi connectivity index (χ2v) is 8.32. The number of halogens is 2. The minimum absolute atomic E-state index is 0.0340. The maximum absolute atomic E-state index is 12.2. The summed E-state index contributed by atoms with van der Waals surface area (Å²) in [6.45, 7) is 1.49. The van der Waals surface area contributed by atoms with Crippen LogP contribution >= 0.6 is 23.2 Å². The van der Waals surface area contributed by atoms with Crippen molar-refractivity contribution in [3.63, 3.8) is 0 Å². The van der Waals surface area contributed by atoms with E-state index in [4.69, 9.17) is 40.4 Å². The zero-order valence-electron chi connectivity index (χ0n) is 15.2. The molecule has 2 bridgehead atoms. The molecule has 6 N–H and O–H groups in total. The van der Waals surface area contributed by atoms with Crippen molar-refractivity contribution >= 4 is 40.9 Å². The number of hydrogen-bond acceptors (Lipinski definition) is 6. The molecular weight excluding hydrogens is 399 g/mol. The number of rotatable bonds is 3. The highest BCUT2D eigenvalue weighted by atomic mass is 35.5. The number of anilines is 2. The zero-order chi connectivity index (χ0) is 20.0. The molecule has 2 aliphatic rings. The van der Waals surface area contributed by atoms with Crippen molar-refractivity contribution in [2.24, 2.45) is 23.3 Å². The smallest absolute Gasteiger partial charge is 0.268 e. The van der Waals surface area contributed by atoms with Gasteiger partial charge in [0.25, 0.3) is 5.91 Å². The molecule has 7 nitrogen and oxygen atoms in total. The van der Waals surface area contributed by atoms with Crippen LogP contribution in [0.3, 0.4) is 0 Å². The Morgan fingerprint density at radius 1 is 1.14 bits per heavy atom. The molecular formula is C19H22Cl2N6O. The number of amides is 1. The summed E-state index contributed by atoms with van der Waals surface area (Å²) in [5.41, 5.74) is 19.1. The SMILES string of the molecule is NC(=O)c1nc(N2CC3CCCC(C2)C3N)nc(N)c1-c1cccc(Cl)c1Cl. The maximum atomic E-state index is 12.2. The molecule has 148 valence electrons. The number of nitrogens with two attached hydrogens (primary N) is 3. The lowest BCUT2D eigenvalue weighted by molar-refractivity contribution is 0.0996.